The molecule has 1 aliphatic heterocycles. The molecule has 1 aromatic carbocycles. The van der Waals surface area contributed by atoms with E-state index in [2.05, 4.69) is 31.6 Å². The first-order chi connectivity index (χ1) is 12.8. The van der Waals surface area contributed by atoms with Crippen molar-refractivity contribution in [3.63, 3.8) is 0 Å². The minimum absolute atomic E-state index is 0. The quantitative estimate of drug-likeness (QED) is 0.200. The van der Waals surface area contributed by atoms with Crippen molar-refractivity contribution >= 4 is 45.9 Å². The molecule has 1 fully saturated rings. The van der Waals surface area contributed by atoms with Gasteiger partial charge in [0.15, 0.2) is 5.96 Å². The zero-order valence-corrected chi connectivity index (χ0v) is 19.8. The molecule has 0 radical (unpaired) electrons. The number of rotatable bonds is 10. The average molecular weight is 556 g/mol. The van der Waals surface area contributed by atoms with Crippen LogP contribution in [0.15, 0.2) is 33.7 Å². The highest BCUT2D eigenvalue weighted by molar-refractivity contribution is 14.0. The van der Waals surface area contributed by atoms with Crippen LogP contribution in [0, 0.1) is 5.92 Å². The van der Waals surface area contributed by atoms with E-state index in [9.17, 15) is 0 Å². The highest BCUT2D eigenvalue weighted by atomic mass is 127. The Morgan fingerprint density at radius 3 is 2.74 bits per heavy atom. The van der Waals surface area contributed by atoms with Crippen molar-refractivity contribution in [1.82, 2.24) is 10.6 Å². The van der Waals surface area contributed by atoms with Crippen LogP contribution in [0.2, 0.25) is 0 Å². The van der Waals surface area contributed by atoms with Crippen LogP contribution in [-0.2, 0) is 9.47 Å². The minimum atomic E-state index is 0. The molecular weight excluding hydrogens is 525 g/mol. The Balaban J connectivity index is 0.00000364. The third-order valence-electron chi connectivity index (χ3n) is 4.14. The summed E-state index contributed by atoms with van der Waals surface area (Å²) in [5.74, 6) is 2.30. The zero-order chi connectivity index (χ0) is 18.5. The molecule has 1 heterocycles. The summed E-state index contributed by atoms with van der Waals surface area (Å²) in [6.07, 6.45) is 3.20. The number of aliphatic imine (C=N–C) groups is 1. The summed E-state index contributed by atoms with van der Waals surface area (Å²) in [6, 6.07) is 7.83. The largest absolute Gasteiger partial charge is 0.492 e. The number of guanidine groups is 1. The van der Waals surface area contributed by atoms with E-state index in [-0.39, 0.29) is 24.0 Å². The molecule has 0 amide bonds. The van der Waals surface area contributed by atoms with Gasteiger partial charge in [0.05, 0.1) is 6.54 Å². The van der Waals surface area contributed by atoms with Crippen molar-refractivity contribution in [2.24, 2.45) is 10.9 Å². The number of hydrogen-bond donors (Lipinski definition) is 2. The van der Waals surface area contributed by atoms with Crippen LogP contribution in [0.4, 0.5) is 0 Å². The van der Waals surface area contributed by atoms with Crippen LogP contribution in [0.1, 0.15) is 19.3 Å². The Hall–Kier alpha value is -0.580. The lowest BCUT2D eigenvalue weighted by Crippen LogP contribution is -2.39. The molecule has 0 unspecified atom stereocenters. The predicted octanol–water partition coefficient (Wildman–Crippen LogP) is 3.44. The third-order valence-corrected chi connectivity index (χ3v) is 4.63. The van der Waals surface area contributed by atoms with Gasteiger partial charge in [-0.3, -0.25) is 4.99 Å². The van der Waals surface area contributed by atoms with Gasteiger partial charge in [0.2, 0.25) is 0 Å². The van der Waals surface area contributed by atoms with Gasteiger partial charge in [-0.05, 0) is 43.4 Å². The van der Waals surface area contributed by atoms with Crippen LogP contribution in [-0.4, -0.2) is 59.1 Å². The first kappa shape index (κ1) is 24.5. The van der Waals surface area contributed by atoms with E-state index in [1.165, 1.54) is 0 Å². The second kappa shape index (κ2) is 15.4. The fourth-order valence-corrected chi connectivity index (χ4v) is 3.04. The molecule has 0 spiro atoms. The maximum absolute atomic E-state index is 5.77. The fourth-order valence-electron chi connectivity index (χ4n) is 2.66. The van der Waals surface area contributed by atoms with Crippen molar-refractivity contribution in [2.45, 2.75) is 19.3 Å². The second-order valence-electron chi connectivity index (χ2n) is 6.22. The molecule has 0 bridgehead atoms. The van der Waals surface area contributed by atoms with Crippen LogP contribution in [0.3, 0.4) is 0 Å². The molecule has 1 aliphatic rings. The molecule has 0 aliphatic carbocycles. The summed E-state index contributed by atoms with van der Waals surface area (Å²) < 4.78 is 17.8. The molecule has 8 heteroatoms. The summed E-state index contributed by atoms with van der Waals surface area (Å²) in [5.41, 5.74) is 0. The molecule has 0 saturated carbocycles. The van der Waals surface area contributed by atoms with Gasteiger partial charge in [0.25, 0.3) is 0 Å². The third kappa shape index (κ3) is 11.1. The number of halogens is 2. The highest BCUT2D eigenvalue weighted by Gasteiger charge is 2.13. The van der Waals surface area contributed by atoms with Crippen LogP contribution < -0.4 is 15.4 Å². The highest BCUT2D eigenvalue weighted by Crippen LogP contribution is 2.17. The molecule has 2 rings (SSSR count). The van der Waals surface area contributed by atoms with Gasteiger partial charge in [-0.15, -0.1) is 24.0 Å². The van der Waals surface area contributed by atoms with Crippen molar-refractivity contribution in [3.8, 4) is 5.75 Å². The van der Waals surface area contributed by atoms with Gasteiger partial charge in [-0.2, -0.15) is 0 Å². The summed E-state index contributed by atoms with van der Waals surface area (Å²) in [7, 11) is 1.77. The van der Waals surface area contributed by atoms with Crippen LogP contribution in [0.25, 0.3) is 0 Å². The van der Waals surface area contributed by atoms with E-state index in [1.807, 2.05) is 24.3 Å². The number of benzene rings is 1. The number of ether oxygens (including phenoxy) is 3. The van der Waals surface area contributed by atoms with Gasteiger partial charge < -0.3 is 24.8 Å². The van der Waals surface area contributed by atoms with E-state index in [0.29, 0.717) is 19.1 Å². The molecule has 0 aromatic heterocycles. The van der Waals surface area contributed by atoms with Crippen molar-refractivity contribution in [1.29, 1.82) is 0 Å². The smallest absolute Gasteiger partial charge is 0.191 e. The summed E-state index contributed by atoms with van der Waals surface area (Å²) in [6.45, 7) is 5.47. The Morgan fingerprint density at radius 1 is 1.22 bits per heavy atom. The number of nitrogens with one attached hydrogen (secondary N) is 2. The summed E-state index contributed by atoms with van der Waals surface area (Å²) >= 11 is 3.43. The molecule has 1 saturated heterocycles. The standard InChI is InChI=1S/C19H30BrN3O3.HI/c1-21-19(23-9-13-26-18-5-2-4-17(20)14-18)22-8-3-10-25-15-16-6-11-24-12-7-16;/h2,4-5,14,16H,3,6-13,15H2,1H3,(H2,21,22,23);1H. The van der Waals surface area contributed by atoms with E-state index >= 15 is 0 Å². The van der Waals surface area contributed by atoms with Gasteiger partial charge in [0, 0.05) is 44.5 Å². The first-order valence-corrected chi connectivity index (χ1v) is 10.1. The van der Waals surface area contributed by atoms with Gasteiger partial charge in [-0.1, -0.05) is 22.0 Å². The zero-order valence-electron chi connectivity index (χ0n) is 15.9. The van der Waals surface area contributed by atoms with Crippen LogP contribution in [0.5, 0.6) is 5.75 Å². The van der Waals surface area contributed by atoms with Crippen molar-refractivity contribution in [2.75, 3.05) is 53.2 Å². The maximum Gasteiger partial charge on any atom is 0.191 e. The van der Waals surface area contributed by atoms with Gasteiger partial charge in [-0.25, -0.2) is 0 Å². The van der Waals surface area contributed by atoms with E-state index < -0.39 is 0 Å². The Bertz CT molecular complexity index is 543. The Morgan fingerprint density at radius 2 is 2.00 bits per heavy atom. The topological polar surface area (TPSA) is 64.1 Å². The van der Waals surface area contributed by atoms with Gasteiger partial charge in [0.1, 0.15) is 12.4 Å². The Labute approximate surface area is 188 Å². The first-order valence-electron chi connectivity index (χ1n) is 9.26. The summed E-state index contributed by atoms with van der Waals surface area (Å²) in [5, 5.41) is 6.54. The Kier molecular flexibility index (Phi) is 13.9. The predicted molar refractivity (Wildman–Crippen MR) is 123 cm³/mol. The molecular formula is C19H31BrIN3O3. The lowest BCUT2D eigenvalue weighted by molar-refractivity contribution is 0.0203. The second-order valence-corrected chi connectivity index (χ2v) is 7.13. The number of nitrogens with zero attached hydrogens (tertiary/aromatic N) is 1. The molecule has 0 atom stereocenters. The van der Waals surface area contributed by atoms with Crippen LogP contribution >= 0.6 is 39.9 Å². The molecule has 6 nitrogen and oxygen atoms in total. The maximum atomic E-state index is 5.77. The summed E-state index contributed by atoms with van der Waals surface area (Å²) in [4.78, 5) is 4.21. The van der Waals surface area contributed by atoms with Crippen molar-refractivity contribution in [3.05, 3.63) is 28.7 Å². The van der Waals surface area contributed by atoms with Gasteiger partial charge >= 0.3 is 0 Å². The normalized spacial score (nSPS) is 15.1. The average Bonchev–Trinajstić information content (AvgIpc) is 2.67. The van der Waals surface area contributed by atoms with E-state index in [1.54, 1.807) is 7.05 Å². The van der Waals surface area contributed by atoms with E-state index in [4.69, 9.17) is 14.2 Å². The molecule has 1 aromatic rings. The van der Waals surface area contributed by atoms with Crippen molar-refractivity contribution < 1.29 is 14.2 Å². The fraction of sp³-hybridized carbons (Fsp3) is 0.632. The SMILES string of the molecule is CN=C(NCCCOCC1CCOCC1)NCCOc1cccc(Br)c1.I. The number of hydrogen-bond acceptors (Lipinski definition) is 4. The molecule has 2 N–H and O–H groups in total. The molecule has 154 valence electrons. The lowest BCUT2D eigenvalue weighted by Gasteiger charge is -2.21. The van der Waals surface area contributed by atoms with E-state index in [0.717, 1.165) is 68.4 Å². The lowest BCUT2D eigenvalue weighted by atomic mass is 10.0. The molecule has 27 heavy (non-hydrogen) atoms. The minimum Gasteiger partial charge on any atom is -0.492 e. The monoisotopic (exact) mass is 555 g/mol.